The van der Waals surface area contributed by atoms with E-state index in [9.17, 15) is 9.59 Å². The first kappa shape index (κ1) is 21.1. The molecule has 32 heavy (non-hydrogen) atoms. The van der Waals surface area contributed by atoms with Crippen molar-refractivity contribution in [2.45, 2.75) is 37.8 Å². The Hall–Kier alpha value is -2.77. The number of aromatic amines is 1. The molecule has 2 aliphatic rings. The van der Waals surface area contributed by atoms with Crippen LogP contribution in [0.2, 0.25) is 5.02 Å². The number of H-pyrrole nitrogens is 1. The lowest BCUT2D eigenvalue weighted by atomic mass is 9.73. The Labute approximate surface area is 190 Å². The predicted octanol–water partition coefficient (Wildman–Crippen LogP) is 3.07. The molecule has 3 atom stereocenters. The van der Waals surface area contributed by atoms with Crippen molar-refractivity contribution in [2.75, 3.05) is 20.8 Å². The van der Waals surface area contributed by atoms with Gasteiger partial charge in [0.2, 0.25) is 0 Å². The summed E-state index contributed by atoms with van der Waals surface area (Å²) in [6.07, 6.45) is 2.80. The molecule has 5 rings (SSSR count). The molecule has 3 aromatic rings. The largest absolute Gasteiger partial charge is 0.496 e. The first-order chi connectivity index (χ1) is 15.5. The highest BCUT2D eigenvalue weighted by Gasteiger charge is 2.40. The number of aromatic nitrogens is 2. The van der Waals surface area contributed by atoms with Gasteiger partial charge >= 0.3 is 5.69 Å². The zero-order valence-electron chi connectivity index (χ0n) is 18.1. The third-order valence-electron chi connectivity index (χ3n) is 7.02. The molecule has 1 fully saturated rings. The van der Waals surface area contributed by atoms with Gasteiger partial charge in [0.1, 0.15) is 11.5 Å². The van der Waals surface area contributed by atoms with Crippen LogP contribution in [0, 0.1) is 5.92 Å². The van der Waals surface area contributed by atoms with Gasteiger partial charge in [-0.1, -0.05) is 23.7 Å². The highest BCUT2D eigenvalue weighted by Crippen LogP contribution is 2.45. The number of nitrogens with zero attached hydrogens (tertiary/aromatic N) is 1. The lowest BCUT2D eigenvalue weighted by molar-refractivity contribution is 0.371. The molecule has 7 nitrogen and oxygen atoms in total. The van der Waals surface area contributed by atoms with Crippen LogP contribution in [0.25, 0.3) is 10.9 Å². The Morgan fingerprint density at radius 2 is 1.97 bits per heavy atom. The first-order valence-corrected chi connectivity index (χ1v) is 11.3. The van der Waals surface area contributed by atoms with Gasteiger partial charge in [-0.2, -0.15) is 0 Å². The Balaban J connectivity index is 1.45. The van der Waals surface area contributed by atoms with E-state index >= 15 is 0 Å². The molecular formula is C24H26ClN3O4. The van der Waals surface area contributed by atoms with Crippen LogP contribution in [-0.4, -0.2) is 36.4 Å². The Bertz CT molecular complexity index is 1300. The Kier molecular flexibility index (Phi) is 5.47. The van der Waals surface area contributed by atoms with Gasteiger partial charge in [0.05, 0.1) is 30.1 Å². The van der Waals surface area contributed by atoms with Crippen LogP contribution in [0.15, 0.2) is 39.9 Å². The van der Waals surface area contributed by atoms with Crippen molar-refractivity contribution in [3.8, 4) is 11.5 Å². The maximum atomic E-state index is 13.1. The number of nitrogens with one attached hydrogen (secondary N) is 2. The molecule has 1 aromatic heterocycles. The van der Waals surface area contributed by atoms with Gasteiger partial charge < -0.3 is 19.8 Å². The van der Waals surface area contributed by atoms with Gasteiger partial charge in [0.25, 0.3) is 5.56 Å². The van der Waals surface area contributed by atoms with Crippen molar-refractivity contribution in [1.82, 2.24) is 14.9 Å². The summed E-state index contributed by atoms with van der Waals surface area (Å²) in [4.78, 5) is 28.6. The van der Waals surface area contributed by atoms with E-state index in [0.717, 1.165) is 25.1 Å². The van der Waals surface area contributed by atoms with Crippen LogP contribution in [0.4, 0.5) is 0 Å². The van der Waals surface area contributed by atoms with E-state index in [1.54, 1.807) is 19.2 Å². The number of rotatable bonds is 5. The lowest BCUT2D eigenvalue weighted by Gasteiger charge is -2.32. The number of hydrogen-bond donors (Lipinski definition) is 2. The maximum absolute atomic E-state index is 13.1. The number of ether oxygens (including phenoxy) is 2. The summed E-state index contributed by atoms with van der Waals surface area (Å²) >= 11 is 6.15. The summed E-state index contributed by atoms with van der Waals surface area (Å²) in [6.45, 7) is 1.28. The molecule has 1 saturated heterocycles. The quantitative estimate of drug-likeness (QED) is 0.617. The fraction of sp³-hybridized carbons (Fsp3) is 0.417. The molecule has 0 amide bonds. The van der Waals surface area contributed by atoms with Crippen molar-refractivity contribution in [2.24, 2.45) is 5.92 Å². The summed E-state index contributed by atoms with van der Waals surface area (Å²) < 4.78 is 12.1. The second-order valence-corrected chi connectivity index (χ2v) is 8.98. The number of hydrogen-bond acceptors (Lipinski definition) is 5. The standard InChI is InChI=1S/C24H26ClN3O4/c1-31-20-5-3-4-15-14(20)7-6-13-12-26-18(22(13)15)8-9-28-23(29)16-10-21(32-2)17(25)11-19(16)27-24(28)30/h3-5,10-11,13,18,22,26H,6-9,12H2,1-2H3,(H,27,30)/t13-,18?,22+/m0/s1. The van der Waals surface area contributed by atoms with Gasteiger partial charge in [-0.15, -0.1) is 0 Å². The molecule has 2 aromatic carbocycles. The van der Waals surface area contributed by atoms with E-state index in [4.69, 9.17) is 21.1 Å². The van der Waals surface area contributed by atoms with Crippen LogP contribution < -0.4 is 26.0 Å². The fourth-order valence-corrected chi connectivity index (χ4v) is 5.73. The molecule has 0 radical (unpaired) electrons. The van der Waals surface area contributed by atoms with Crippen LogP contribution in [0.5, 0.6) is 11.5 Å². The van der Waals surface area contributed by atoms with Gasteiger partial charge in [0.15, 0.2) is 0 Å². The van der Waals surface area contributed by atoms with E-state index in [1.165, 1.54) is 22.8 Å². The maximum Gasteiger partial charge on any atom is 0.328 e. The highest BCUT2D eigenvalue weighted by molar-refractivity contribution is 6.32. The third-order valence-corrected chi connectivity index (χ3v) is 7.31. The van der Waals surface area contributed by atoms with Crippen molar-refractivity contribution in [3.05, 3.63) is 67.3 Å². The fourth-order valence-electron chi connectivity index (χ4n) is 5.48. The average Bonchev–Trinajstić information content (AvgIpc) is 3.21. The molecule has 8 heteroatoms. The molecule has 1 aliphatic heterocycles. The molecule has 2 N–H and O–H groups in total. The van der Waals surface area contributed by atoms with E-state index in [1.807, 2.05) is 12.1 Å². The Morgan fingerprint density at radius 3 is 2.75 bits per heavy atom. The van der Waals surface area contributed by atoms with E-state index < -0.39 is 5.69 Å². The molecule has 1 unspecified atom stereocenters. The summed E-state index contributed by atoms with van der Waals surface area (Å²) in [6, 6.07) is 9.59. The lowest BCUT2D eigenvalue weighted by Crippen LogP contribution is -2.38. The molecule has 168 valence electrons. The molecule has 0 bridgehead atoms. The average molecular weight is 456 g/mol. The second-order valence-electron chi connectivity index (χ2n) is 8.58. The number of methoxy groups -OCH3 is 2. The van der Waals surface area contributed by atoms with Gasteiger partial charge in [0, 0.05) is 18.5 Å². The number of halogens is 1. The van der Waals surface area contributed by atoms with Gasteiger partial charge in [-0.25, -0.2) is 4.79 Å². The summed E-state index contributed by atoms with van der Waals surface area (Å²) in [5.41, 5.74) is 2.27. The molecular weight excluding hydrogens is 430 g/mol. The molecule has 0 spiro atoms. The van der Waals surface area contributed by atoms with Crippen molar-refractivity contribution >= 4 is 22.5 Å². The number of benzene rings is 2. The van der Waals surface area contributed by atoms with Crippen molar-refractivity contribution < 1.29 is 9.47 Å². The summed E-state index contributed by atoms with van der Waals surface area (Å²) in [7, 11) is 3.21. The smallest absolute Gasteiger partial charge is 0.328 e. The SMILES string of the molecule is COc1cc2c(=O)n(CCC3NC[C@@H]4CCc5c(OC)cccc5[C@H]34)c(=O)[nH]c2cc1Cl. The molecule has 0 saturated carbocycles. The highest BCUT2D eigenvalue weighted by atomic mass is 35.5. The third kappa shape index (κ3) is 3.40. The first-order valence-electron chi connectivity index (χ1n) is 10.9. The van der Waals surface area contributed by atoms with E-state index in [-0.39, 0.29) is 11.6 Å². The van der Waals surface area contributed by atoms with Crippen molar-refractivity contribution in [3.63, 3.8) is 0 Å². The van der Waals surface area contributed by atoms with Gasteiger partial charge in [-0.3, -0.25) is 9.36 Å². The molecule has 2 heterocycles. The topological polar surface area (TPSA) is 85.3 Å². The van der Waals surface area contributed by atoms with E-state index in [2.05, 4.69) is 16.4 Å². The van der Waals surface area contributed by atoms with Crippen LogP contribution in [0.1, 0.15) is 29.9 Å². The normalized spacial score (nSPS) is 21.9. The minimum absolute atomic E-state index is 0.188. The van der Waals surface area contributed by atoms with Crippen LogP contribution in [0.3, 0.4) is 0 Å². The monoisotopic (exact) mass is 455 g/mol. The molecule has 1 aliphatic carbocycles. The van der Waals surface area contributed by atoms with Crippen molar-refractivity contribution in [1.29, 1.82) is 0 Å². The van der Waals surface area contributed by atoms with Crippen LogP contribution >= 0.6 is 11.6 Å². The summed E-state index contributed by atoms with van der Waals surface area (Å²) in [5.74, 6) is 2.25. The second kappa shape index (κ2) is 8.30. The zero-order chi connectivity index (χ0) is 22.4. The van der Waals surface area contributed by atoms with E-state index in [0.29, 0.717) is 46.5 Å². The minimum atomic E-state index is -0.427. The zero-order valence-corrected chi connectivity index (χ0v) is 18.9. The van der Waals surface area contributed by atoms with Gasteiger partial charge in [-0.05, 0) is 61.1 Å². The Morgan fingerprint density at radius 1 is 1.16 bits per heavy atom. The number of fused-ring (bicyclic) bond motifs is 4. The van der Waals surface area contributed by atoms with Crippen LogP contribution in [-0.2, 0) is 13.0 Å². The minimum Gasteiger partial charge on any atom is -0.496 e. The summed E-state index contributed by atoms with van der Waals surface area (Å²) in [5, 5.41) is 4.38. The predicted molar refractivity (Wildman–Crippen MR) is 124 cm³/mol.